The first-order chi connectivity index (χ1) is 20.9. The Balaban J connectivity index is 1.88. The van der Waals surface area contributed by atoms with Crippen molar-refractivity contribution in [3.63, 3.8) is 0 Å². The summed E-state index contributed by atoms with van der Waals surface area (Å²) in [4.78, 5) is 45.2. The van der Waals surface area contributed by atoms with E-state index in [-0.39, 0.29) is 29.2 Å². The minimum absolute atomic E-state index is 0.0135. The van der Waals surface area contributed by atoms with Crippen LogP contribution in [0.15, 0.2) is 109 Å². The van der Waals surface area contributed by atoms with Gasteiger partial charge < -0.3 is 16.4 Å². The largest absolute Gasteiger partial charge is 0.401 e. The molecule has 0 aromatic heterocycles. The summed E-state index contributed by atoms with van der Waals surface area (Å²) in [5.41, 5.74) is 12.0. The van der Waals surface area contributed by atoms with Crippen LogP contribution in [0.25, 0.3) is 0 Å². The topological polar surface area (TPSA) is 228 Å². The molecule has 0 radical (unpaired) electrons. The number of hydrogen-bond acceptors (Lipinski definition) is 11. The quantitative estimate of drug-likeness (QED) is 0.200. The van der Waals surface area contributed by atoms with Crippen molar-refractivity contribution in [2.75, 3.05) is 4.90 Å². The zero-order valence-corrected chi connectivity index (χ0v) is 22.7. The molecule has 1 unspecified atom stereocenters. The maximum atomic E-state index is 11.5. The molecule has 15 nitrogen and oxygen atoms in total. The van der Waals surface area contributed by atoms with Gasteiger partial charge in [-0.25, -0.2) is 0 Å². The molecule has 4 aromatic rings. The number of nitrogens with zero attached hydrogens (tertiary/aromatic N) is 5. The normalized spacial score (nSPS) is 17.4. The molecule has 44 heavy (non-hydrogen) atoms. The van der Waals surface area contributed by atoms with E-state index in [1.54, 1.807) is 11.1 Å². The summed E-state index contributed by atoms with van der Waals surface area (Å²) in [5.74, 6) is 0. The van der Waals surface area contributed by atoms with Gasteiger partial charge >= 0.3 is 0 Å². The van der Waals surface area contributed by atoms with Crippen molar-refractivity contribution in [3.8, 4) is 0 Å². The molecule has 15 heteroatoms. The predicted octanol–water partition coefficient (Wildman–Crippen LogP) is 5.13. The molecule has 0 spiro atoms. The van der Waals surface area contributed by atoms with Gasteiger partial charge in [0.2, 0.25) is 0 Å². The third-order valence-electron chi connectivity index (χ3n) is 7.79. The summed E-state index contributed by atoms with van der Waals surface area (Å²) in [5, 5.41) is 45.9. The molecular weight excluding hydrogens is 574 g/mol. The lowest BCUT2D eigenvalue weighted by atomic mass is 9.59. The van der Waals surface area contributed by atoms with Gasteiger partial charge in [0.1, 0.15) is 5.66 Å². The van der Waals surface area contributed by atoms with Crippen molar-refractivity contribution >= 4 is 28.4 Å². The molecule has 0 bridgehead atoms. The number of nitrogens with two attached hydrogens (primary N) is 2. The molecule has 5 rings (SSSR count). The van der Waals surface area contributed by atoms with E-state index < -0.39 is 30.8 Å². The van der Waals surface area contributed by atoms with Gasteiger partial charge in [0.05, 0.1) is 25.1 Å². The number of allylic oxidation sites excluding steroid dienone is 1. The van der Waals surface area contributed by atoms with Crippen molar-refractivity contribution in [1.82, 2.24) is 0 Å². The minimum Gasteiger partial charge on any atom is -0.401 e. The number of hydrogen-bond donors (Lipinski definition) is 2. The second-order valence-corrected chi connectivity index (χ2v) is 10.1. The molecule has 0 aliphatic carbocycles. The van der Waals surface area contributed by atoms with Crippen molar-refractivity contribution in [1.29, 1.82) is 0 Å². The van der Waals surface area contributed by atoms with Gasteiger partial charge in [-0.3, -0.25) is 40.5 Å². The fourth-order valence-electron chi connectivity index (χ4n) is 5.74. The van der Waals surface area contributed by atoms with Crippen molar-refractivity contribution in [3.05, 3.63) is 166 Å². The third-order valence-corrected chi connectivity index (χ3v) is 7.79. The highest BCUT2D eigenvalue weighted by atomic mass is 16.6. The molecule has 222 valence electrons. The minimum atomic E-state index is -1.73. The Morgan fingerprint density at radius 2 is 0.864 bits per heavy atom. The first kappa shape index (κ1) is 29.3. The van der Waals surface area contributed by atoms with E-state index in [0.29, 0.717) is 28.1 Å². The Kier molecular flexibility index (Phi) is 7.24. The third kappa shape index (κ3) is 4.72. The fourth-order valence-corrected chi connectivity index (χ4v) is 5.74. The Bertz CT molecular complexity index is 1750. The smallest absolute Gasteiger partial charge is 0.269 e. The molecule has 0 saturated carbocycles. The molecule has 1 aliphatic heterocycles. The first-order valence-electron chi connectivity index (χ1n) is 12.9. The number of nitro groups is 4. The summed E-state index contributed by atoms with van der Waals surface area (Å²) in [6.07, 6.45) is 1.57. The standard InChI is InChI=1S/C29H23N7O8/c30-22-17-28(19-1-7-24(8-2-19)33(37)38,20-3-9-25(10-4-20)34(39)40)29(31,21-5-11-26(12-6-21)35(41)42)32(18-22)23-13-15-27(16-14-23)36(43)44/h1-16,18H,17,30-31H2. The Labute approximate surface area is 248 Å². The van der Waals surface area contributed by atoms with Crippen LogP contribution in [0.2, 0.25) is 0 Å². The van der Waals surface area contributed by atoms with Crippen LogP contribution in [0.3, 0.4) is 0 Å². The molecule has 1 heterocycles. The lowest BCUT2D eigenvalue weighted by molar-refractivity contribution is -0.385. The van der Waals surface area contributed by atoms with E-state index in [1.165, 1.54) is 97.1 Å². The number of benzene rings is 4. The van der Waals surface area contributed by atoms with Gasteiger partial charge in [0, 0.05) is 72.5 Å². The second kappa shape index (κ2) is 10.9. The average molecular weight is 598 g/mol. The monoisotopic (exact) mass is 597 g/mol. The van der Waals surface area contributed by atoms with Gasteiger partial charge in [-0.15, -0.1) is 0 Å². The predicted molar refractivity (Wildman–Crippen MR) is 158 cm³/mol. The van der Waals surface area contributed by atoms with Gasteiger partial charge in [-0.05, 0) is 41.0 Å². The first-order valence-corrected chi connectivity index (χ1v) is 12.9. The van der Waals surface area contributed by atoms with E-state index in [2.05, 4.69) is 0 Å². The van der Waals surface area contributed by atoms with E-state index in [1.807, 2.05) is 0 Å². The van der Waals surface area contributed by atoms with E-state index in [9.17, 15) is 40.5 Å². The van der Waals surface area contributed by atoms with Crippen molar-refractivity contribution < 1.29 is 19.7 Å². The number of rotatable bonds is 8. The second-order valence-electron chi connectivity index (χ2n) is 10.1. The molecular formula is C29H23N7O8. The van der Waals surface area contributed by atoms with E-state index >= 15 is 0 Å². The van der Waals surface area contributed by atoms with Crippen LogP contribution in [-0.2, 0) is 11.1 Å². The Morgan fingerprint density at radius 3 is 1.20 bits per heavy atom. The summed E-state index contributed by atoms with van der Waals surface area (Å²) in [6.45, 7) is 0. The molecule has 4 aromatic carbocycles. The maximum Gasteiger partial charge on any atom is 0.269 e. The Morgan fingerprint density at radius 1 is 0.545 bits per heavy atom. The molecule has 0 saturated heterocycles. The summed E-state index contributed by atoms with van der Waals surface area (Å²) in [6, 6.07) is 22.2. The highest BCUT2D eigenvalue weighted by molar-refractivity contribution is 5.65. The van der Waals surface area contributed by atoms with Crippen LogP contribution < -0.4 is 16.4 Å². The Hall–Kier alpha value is -6.22. The van der Waals surface area contributed by atoms with Gasteiger partial charge in [-0.1, -0.05) is 24.3 Å². The summed E-state index contributed by atoms with van der Waals surface area (Å²) >= 11 is 0. The molecule has 0 fully saturated rings. The summed E-state index contributed by atoms with van der Waals surface area (Å²) in [7, 11) is 0. The van der Waals surface area contributed by atoms with Crippen LogP contribution >= 0.6 is 0 Å². The molecule has 1 aliphatic rings. The van der Waals surface area contributed by atoms with Crippen molar-refractivity contribution in [2.45, 2.75) is 17.5 Å². The van der Waals surface area contributed by atoms with E-state index in [0.717, 1.165) is 0 Å². The van der Waals surface area contributed by atoms with Crippen LogP contribution in [0.5, 0.6) is 0 Å². The lowest BCUT2D eigenvalue weighted by Crippen LogP contribution is -2.67. The summed E-state index contributed by atoms with van der Waals surface area (Å²) < 4.78 is 0. The van der Waals surface area contributed by atoms with E-state index in [4.69, 9.17) is 11.5 Å². The van der Waals surface area contributed by atoms with Crippen LogP contribution in [-0.4, -0.2) is 19.7 Å². The van der Waals surface area contributed by atoms with Crippen LogP contribution in [0, 0.1) is 40.5 Å². The molecule has 1 atom stereocenters. The fraction of sp³-hybridized carbons (Fsp3) is 0.103. The number of nitro benzene ring substituents is 4. The maximum absolute atomic E-state index is 11.5. The van der Waals surface area contributed by atoms with Crippen LogP contribution in [0.1, 0.15) is 23.1 Å². The number of anilines is 1. The van der Waals surface area contributed by atoms with Gasteiger partial charge in [0.15, 0.2) is 0 Å². The van der Waals surface area contributed by atoms with Gasteiger partial charge in [-0.2, -0.15) is 0 Å². The van der Waals surface area contributed by atoms with Gasteiger partial charge in [0.25, 0.3) is 22.7 Å². The lowest BCUT2D eigenvalue weighted by Gasteiger charge is -2.57. The van der Waals surface area contributed by atoms with Crippen LogP contribution in [0.4, 0.5) is 28.4 Å². The zero-order chi connectivity index (χ0) is 31.8. The highest BCUT2D eigenvalue weighted by Crippen LogP contribution is 2.55. The van der Waals surface area contributed by atoms with Crippen molar-refractivity contribution in [2.24, 2.45) is 11.5 Å². The highest BCUT2D eigenvalue weighted by Gasteiger charge is 2.58. The molecule has 4 N–H and O–H groups in total. The zero-order valence-electron chi connectivity index (χ0n) is 22.7. The molecule has 0 amide bonds. The SMILES string of the molecule is NC1=CN(c2ccc([N+](=O)[O-])cc2)C(N)(c2ccc([N+](=O)[O-])cc2)C(c2ccc([N+](=O)[O-])cc2)(c2ccc([N+](=O)[O-])cc2)C1. The number of non-ortho nitro benzene ring substituents is 4. The average Bonchev–Trinajstić information content (AvgIpc) is 3.02.